The summed E-state index contributed by atoms with van der Waals surface area (Å²) in [6.07, 6.45) is 3.61. The second-order valence-electron chi connectivity index (χ2n) is 7.31. The van der Waals surface area contributed by atoms with Crippen molar-refractivity contribution in [2.45, 2.75) is 51.3 Å². The van der Waals surface area contributed by atoms with Gasteiger partial charge in [-0.05, 0) is 26.6 Å². The summed E-state index contributed by atoms with van der Waals surface area (Å²) < 4.78 is 11.3. The molecule has 0 N–H and O–H groups in total. The van der Waals surface area contributed by atoms with Crippen molar-refractivity contribution < 1.29 is 14.0 Å². The zero-order valence-corrected chi connectivity index (χ0v) is 17.4. The molecule has 1 aromatic rings. The van der Waals surface area contributed by atoms with Gasteiger partial charge >= 0.3 is 5.97 Å². The van der Waals surface area contributed by atoms with Crippen molar-refractivity contribution in [1.29, 1.82) is 0 Å². The second-order valence-corrected chi connectivity index (χ2v) is 16.5. The minimum Gasteiger partial charge on any atom is -0.467 e. The van der Waals surface area contributed by atoms with E-state index in [1.165, 1.54) is 12.3 Å². The maximum Gasteiger partial charge on any atom is 0.334 e. The molecule has 0 fully saturated rings. The molecule has 0 spiro atoms. The zero-order chi connectivity index (χ0) is 17.7. The maximum atomic E-state index is 12.4. The molecule has 0 radical (unpaired) electrons. The third-order valence-corrected chi connectivity index (χ3v) is 8.94. The van der Waals surface area contributed by atoms with Crippen molar-refractivity contribution in [2.24, 2.45) is 0 Å². The number of hydrogen-bond acceptors (Lipinski definition) is 3. The number of carbonyl (C=O) groups excluding carboxylic acids is 1. The van der Waals surface area contributed by atoms with Crippen molar-refractivity contribution in [1.82, 2.24) is 0 Å². The van der Waals surface area contributed by atoms with Crippen molar-refractivity contribution in [2.75, 3.05) is 7.11 Å². The molecule has 0 aliphatic heterocycles. The summed E-state index contributed by atoms with van der Waals surface area (Å²) in [6, 6.07) is 10.5. The van der Waals surface area contributed by atoms with Gasteiger partial charge in [0.1, 0.15) is 6.10 Å². The van der Waals surface area contributed by atoms with Crippen LogP contribution in [0.3, 0.4) is 0 Å². The monoisotopic (exact) mass is 350 g/mol. The molecule has 1 rings (SSSR count). The molecular weight excluding hydrogens is 320 g/mol. The molecular formula is C18H30O3Si2. The van der Waals surface area contributed by atoms with Gasteiger partial charge in [-0.2, -0.15) is 0 Å². The zero-order valence-electron chi connectivity index (χ0n) is 15.4. The van der Waals surface area contributed by atoms with Gasteiger partial charge in [-0.15, -0.1) is 0 Å². The molecule has 0 bridgehead atoms. The Bertz CT molecular complexity index is 533. The lowest BCUT2D eigenvalue weighted by molar-refractivity contribution is -0.149. The van der Waals surface area contributed by atoms with E-state index in [9.17, 15) is 4.79 Å². The molecule has 0 aromatic heterocycles. The Morgan fingerprint density at radius 2 is 1.65 bits per heavy atom. The number of esters is 1. The van der Waals surface area contributed by atoms with Crippen LogP contribution in [0.2, 0.25) is 38.3 Å². The first-order chi connectivity index (χ1) is 10.6. The highest BCUT2D eigenvalue weighted by Crippen LogP contribution is 2.32. The van der Waals surface area contributed by atoms with E-state index < -0.39 is 22.5 Å². The van der Waals surface area contributed by atoms with Crippen molar-refractivity contribution >= 4 is 27.5 Å². The number of ether oxygens (including phenoxy) is 1. The van der Waals surface area contributed by atoms with Gasteiger partial charge in [0.05, 0.1) is 15.2 Å². The van der Waals surface area contributed by atoms with Crippen LogP contribution in [-0.2, 0) is 14.0 Å². The first kappa shape index (κ1) is 19.9. The highest BCUT2D eigenvalue weighted by atomic mass is 28.4. The lowest BCUT2D eigenvalue weighted by Gasteiger charge is -2.38. The summed E-state index contributed by atoms with van der Waals surface area (Å²) in [5.41, 5.74) is 0.0362. The molecule has 23 heavy (non-hydrogen) atoms. The topological polar surface area (TPSA) is 35.5 Å². The third kappa shape index (κ3) is 5.44. The maximum absolute atomic E-state index is 12.4. The van der Waals surface area contributed by atoms with E-state index >= 15 is 0 Å². The summed E-state index contributed by atoms with van der Waals surface area (Å²) in [4.78, 5) is 12.4. The summed E-state index contributed by atoms with van der Waals surface area (Å²) >= 11 is 0. The number of benzene rings is 1. The molecule has 2 atom stereocenters. The molecule has 0 amide bonds. The molecule has 128 valence electrons. The average Bonchev–Trinajstić information content (AvgIpc) is 2.49. The van der Waals surface area contributed by atoms with E-state index in [1.54, 1.807) is 0 Å². The van der Waals surface area contributed by atoms with E-state index in [0.717, 1.165) is 0 Å². The largest absolute Gasteiger partial charge is 0.467 e. The van der Waals surface area contributed by atoms with Crippen LogP contribution < -0.4 is 5.19 Å². The Morgan fingerprint density at radius 1 is 1.09 bits per heavy atom. The molecule has 1 aromatic carbocycles. The molecule has 0 heterocycles. The van der Waals surface area contributed by atoms with Gasteiger partial charge in [-0.1, -0.05) is 60.8 Å². The fourth-order valence-electron chi connectivity index (χ4n) is 2.75. The van der Waals surface area contributed by atoms with E-state index in [1.807, 2.05) is 19.1 Å². The number of methoxy groups -OCH3 is 1. The SMILES string of the molecule is C/C=C\[C@@H]([C@H](O[Si](C)(C)C)C(=O)OC)[Si](C)(C)c1ccccc1. The van der Waals surface area contributed by atoms with Gasteiger partial charge < -0.3 is 9.16 Å². The summed E-state index contributed by atoms with van der Waals surface area (Å²) in [7, 11) is -2.41. The Labute approximate surface area is 142 Å². The Hall–Kier alpha value is -1.18. The minimum atomic E-state index is -1.96. The molecule has 0 aliphatic rings. The quantitative estimate of drug-likeness (QED) is 0.424. The van der Waals surface area contributed by atoms with Crippen LogP contribution in [0.15, 0.2) is 42.5 Å². The highest BCUT2D eigenvalue weighted by Gasteiger charge is 2.43. The van der Waals surface area contributed by atoms with Gasteiger partial charge in [0.15, 0.2) is 8.32 Å². The van der Waals surface area contributed by atoms with Crippen LogP contribution in [0, 0.1) is 0 Å². The first-order valence-corrected chi connectivity index (χ1v) is 14.6. The average molecular weight is 351 g/mol. The van der Waals surface area contributed by atoms with Crippen LogP contribution in [0.25, 0.3) is 0 Å². The van der Waals surface area contributed by atoms with Gasteiger partial charge in [0, 0.05) is 5.54 Å². The standard InChI is InChI=1S/C18H30O3Si2/c1-8-12-16(17(18(19)20-2)21-22(3,4)5)23(6,7)15-13-10-9-11-14-15/h8-14,16-17H,1-7H3/b12-8-/t16-,17-/m0/s1. The second kappa shape index (κ2) is 8.08. The predicted octanol–water partition coefficient (Wildman–Crippen LogP) is 3.94. The van der Waals surface area contributed by atoms with Crippen LogP contribution in [-0.4, -0.2) is 35.6 Å². The summed E-state index contributed by atoms with van der Waals surface area (Å²) in [5, 5.41) is 1.32. The minimum absolute atomic E-state index is 0.0362. The lowest BCUT2D eigenvalue weighted by atomic mass is 10.2. The fourth-order valence-corrected chi connectivity index (χ4v) is 6.96. The van der Waals surface area contributed by atoms with Crippen LogP contribution in [0.4, 0.5) is 0 Å². The van der Waals surface area contributed by atoms with Crippen LogP contribution in [0.5, 0.6) is 0 Å². The lowest BCUT2D eigenvalue weighted by Crippen LogP contribution is -2.53. The van der Waals surface area contributed by atoms with Crippen LogP contribution >= 0.6 is 0 Å². The normalized spacial score (nSPS) is 15.4. The van der Waals surface area contributed by atoms with E-state index in [0.29, 0.717) is 0 Å². The van der Waals surface area contributed by atoms with Crippen molar-refractivity contribution in [3.8, 4) is 0 Å². The molecule has 0 aliphatic carbocycles. The molecule has 3 nitrogen and oxygen atoms in total. The van der Waals surface area contributed by atoms with Crippen molar-refractivity contribution in [3.63, 3.8) is 0 Å². The molecule has 0 saturated heterocycles. The number of hydrogen-bond donors (Lipinski definition) is 0. The smallest absolute Gasteiger partial charge is 0.334 e. The van der Waals surface area contributed by atoms with Gasteiger partial charge in [-0.3, -0.25) is 0 Å². The van der Waals surface area contributed by atoms with E-state index in [2.05, 4.69) is 63.1 Å². The molecule has 0 unspecified atom stereocenters. The highest BCUT2D eigenvalue weighted by molar-refractivity contribution is 6.91. The van der Waals surface area contributed by atoms with E-state index in [4.69, 9.17) is 9.16 Å². The Kier molecular flexibility index (Phi) is 6.98. The van der Waals surface area contributed by atoms with Gasteiger partial charge in [-0.25, -0.2) is 4.79 Å². The first-order valence-electron chi connectivity index (χ1n) is 8.07. The molecule has 0 saturated carbocycles. The Balaban J connectivity index is 3.32. The van der Waals surface area contributed by atoms with Crippen LogP contribution in [0.1, 0.15) is 6.92 Å². The number of rotatable bonds is 7. The van der Waals surface area contributed by atoms with Gasteiger partial charge in [0.25, 0.3) is 0 Å². The number of carbonyl (C=O) groups is 1. The summed E-state index contributed by atoms with van der Waals surface area (Å²) in [6.45, 7) is 12.9. The Morgan fingerprint density at radius 3 is 2.09 bits per heavy atom. The summed E-state index contributed by atoms with van der Waals surface area (Å²) in [5.74, 6) is -0.271. The van der Waals surface area contributed by atoms with Gasteiger partial charge in [0.2, 0.25) is 0 Å². The van der Waals surface area contributed by atoms with Crippen molar-refractivity contribution in [3.05, 3.63) is 42.5 Å². The molecule has 5 heteroatoms. The predicted molar refractivity (Wildman–Crippen MR) is 102 cm³/mol. The fraction of sp³-hybridized carbons (Fsp3) is 0.500. The number of allylic oxidation sites excluding steroid dienone is 1. The third-order valence-electron chi connectivity index (χ3n) is 3.99. The van der Waals surface area contributed by atoms with E-state index in [-0.39, 0.29) is 11.5 Å².